The summed E-state index contributed by atoms with van der Waals surface area (Å²) in [5.74, 6) is 0. The Labute approximate surface area is 159 Å². The molecular formula is C18H29BrN4OSi. The van der Waals surface area contributed by atoms with Crippen LogP contribution in [0.2, 0.25) is 25.7 Å². The summed E-state index contributed by atoms with van der Waals surface area (Å²) in [5, 5.41) is 8.30. The number of rotatable bonds is 7. The van der Waals surface area contributed by atoms with Crippen molar-refractivity contribution in [1.82, 2.24) is 14.9 Å². The molecule has 0 amide bonds. The molecule has 1 fully saturated rings. The quantitative estimate of drug-likeness (QED) is 0.514. The van der Waals surface area contributed by atoms with Crippen LogP contribution < -0.4 is 10.6 Å². The number of hydrogen-bond donors (Lipinski definition) is 2. The minimum Gasteiger partial charge on any atom is -0.379 e. The van der Waals surface area contributed by atoms with E-state index in [9.17, 15) is 0 Å². The van der Waals surface area contributed by atoms with Crippen molar-refractivity contribution in [3.63, 3.8) is 0 Å². The largest absolute Gasteiger partial charge is 0.379 e. The van der Waals surface area contributed by atoms with E-state index in [0.29, 0.717) is 12.8 Å². The average molecular weight is 425 g/mol. The summed E-state index contributed by atoms with van der Waals surface area (Å²) in [7, 11) is -1.05. The summed E-state index contributed by atoms with van der Waals surface area (Å²) < 4.78 is 9.01. The van der Waals surface area contributed by atoms with Crippen LogP contribution in [0.1, 0.15) is 12.8 Å². The molecule has 0 bridgehead atoms. The van der Waals surface area contributed by atoms with Gasteiger partial charge in [0.2, 0.25) is 0 Å². The van der Waals surface area contributed by atoms with E-state index >= 15 is 0 Å². The summed E-state index contributed by atoms with van der Waals surface area (Å²) in [6, 6.07) is 3.78. The molecule has 25 heavy (non-hydrogen) atoms. The standard InChI is InChI=1S/C18H29BrN4OSi/c1-25(2,3)10-9-24-13-23-8-6-15-17(16(19)12-21-18(15)23)22-14-5-4-7-20-11-14/h6,8,12,14,20H,4-5,7,9-11,13H2,1-3H3,(H,21,22). The highest BCUT2D eigenvalue weighted by atomic mass is 79.9. The number of anilines is 1. The van der Waals surface area contributed by atoms with Gasteiger partial charge >= 0.3 is 0 Å². The molecule has 1 atom stereocenters. The van der Waals surface area contributed by atoms with Gasteiger partial charge in [-0.25, -0.2) is 4.98 Å². The van der Waals surface area contributed by atoms with Gasteiger partial charge in [0.05, 0.1) is 10.2 Å². The Kier molecular flexibility index (Phi) is 6.20. The molecule has 7 heteroatoms. The Morgan fingerprint density at radius 3 is 3.00 bits per heavy atom. The molecule has 0 spiro atoms. The molecular weight excluding hydrogens is 396 g/mol. The maximum atomic E-state index is 5.90. The van der Waals surface area contributed by atoms with E-state index < -0.39 is 8.07 Å². The number of nitrogens with zero attached hydrogens (tertiary/aromatic N) is 2. The number of hydrogen-bond acceptors (Lipinski definition) is 4. The van der Waals surface area contributed by atoms with E-state index in [2.05, 4.69) is 68.0 Å². The molecule has 1 unspecified atom stereocenters. The molecule has 2 aromatic heterocycles. The fourth-order valence-electron chi connectivity index (χ4n) is 3.09. The van der Waals surface area contributed by atoms with Crippen LogP contribution in [0, 0.1) is 0 Å². The predicted octanol–water partition coefficient (Wildman–Crippen LogP) is 4.28. The molecule has 0 aliphatic carbocycles. The van der Waals surface area contributed by atoms with Gasteiger partial charge in [-0.3, -0.25) is 0 Å². The molecule has 2 aromatic rings. The summed E-state index contributed by atoms with van der Waals surface area (Å²) in [6.45, 7) is 10.6. The lowest BCUT2D eigenvalue weighted by molar-refractivity contribution is 0.0899. The lowest BCUT2D eigenvalue weighted by atomic mass is 10.1. The molecule has 3 rings (SSSR count). The zero-order valence-electron chi connectivity index (χ0n) is 15.4. The van der Waals surface area contributed by atoms with E-state index in [1.165, 1.54) is 18.9 Å². The molecule has 0 radical (unpaired) electrons. The highest BCUT2D eigenvalue weighted by molar-refractivity contribution is 9.10. The maximum absolute atomic E-state index is 5.90. The van der Waals surface area contributed by atoms with Gasteiger partial charge in [-0.15, -0.1) is 0 Å². The van der Waals surface area contributed by atoms with Gasteiger partial charge < -0.3 is 19.9 Å². The second kappa shape index (κ2) is 8.20. The summed E-state index contributed by atoms with van der Waals surface area (Å²) >= 11 is 3.66. The van der Waals surface area contributed by atoms with E-state index in [-0.39, 0.29) is 0 Å². The van der Waals surface area contributed by atoms with Gasteiger partial charge in [0, 0.05) is 45.0 Å². The molecule has 5 nitrogen and oxygen atoms in total. The first kappa shape index (κ1) is 18.9. The Bertz CT molecular complexity index is 707. The lowest BCUT2D eigenvalue weighted by Crippen LogP contribution is -2.38. The number of ether oxygens (including phenoxy) is 1. The predicted molar refractivity (Wildman–Crippen MR) is 111 cm³/mol. The first-order chi connectivity index (χ1) is 11.9. The summed E-state index contributed by atoms with van der Waals surface area (Å²) in [5.41, 5.74) is 2.11. The molecule has 0 aromatic carbocycles. The SMILES string of the molecule is C[Si](C)(C)CCOCn1ccc2c(NC3CCCNC3)c(Br)cnc21. The number of piperidine rings is 1. The van der Waals surface area contributed by atoms with Crippen molar-refractivity contribution in [2.75, 3.05) is 25.0 Å². The minimum absolute atomic E-state index is 0.465. The van der Waals surface area contributed by atoms with Crippen molar-refractivity contribution in [2.45, 2.75) is 51.3 Å². The zero-order chi connectivity index (χ0) is 17.9. The number of pyridine rings is 1. The number of fused-ring (bicyclic) bond motifs is 1. The topological polar surface area (TPSA) is 51.1 Å². The van der Waals surface area contributed by atoms with E-state index in [1.54, 1.807) is 0 Å². The lowest BCUT2D eigenvalue weighted by Gasteiger charge is -2.25. The van der Waals surface area contributed by atoms with Gasteiger partial charge in [0.25, 0.3) is 0 Å². The number of aromatic nitrogens is 2. The fourth-order valence-corrected chi connectivity index (χ4v) is 4.27. The first-order valence-corrected chi connectivity index (χ1v) is 13.6. The van der Waals surface area contributed by atoms with Gasteiger partial charge in [-0.2, -0.15) is 0 Å². The van der Waals surface area contributed by atoms with Gasteiger partial charge in [-0.05, 0) is 47.4 Å². The van der Waals surface area contributed by atoms with Gasteiger partial charge in [-0.1, -0.05) is 19.6 Å². The van der Waals surface area contributed by atoms with Crippen LogP contribution in [-0.4, -0.2) is 43.4 Å². The van der Waals surface area contributed by atoms with E-state index in [1.807, 2.05) is 6.20 Å². The molecule has 1 aliphatic heterocycles. The third-order valence-electron chi connectivity index (χ3n) is 4.61. The fraction of sp³-hybridized carbons (Fsp3) is 0.611. The number of nitrogens with one attached hydrogen (secondary N) is 2. The molecule has 3 heterocycles. The van der Waals surface area contributed by atoms with Crippen LogP contribution in [0.15, 0.2) is 22.9 Å². The molecule has 2 N–H and O–H groups in total. The van der Waals surface area contributed by atoms with Gasteiger partial charge in [0.15, 0.2) is 0 Å². The van der Waals surface area contributed by atoms with Crippen LogP contribution >= 0.6 is 15.9 Å². The third-order valence-corrected chi connectivity index (χ3v) is 6.92. The van der Waals surface area contributed by atoms with Crippen LogP contribution in [0.4, 0.5) is 5.69 Å². The summed E-state index contributed by atoms with van der Waals surface area (Å²) in [4.78, 5) is 4.61. The Balaban J connectivity index is 1.71. The first-order valence-electron chi connectivity index (χ1n) is 9.12. The second-order valence-corrected chi connectivity index (χ2v) is 14.5. The highest BCUT2D eigenvalue weighted by Crippen LogP contribution is 2.31. The zero-order valence-corrected chi connectivity index (χ0v) is 18.0. The van der Waals surface area contributed by atoms with Crippen LogP contribution in [-0.2, 0) is 11.5 Å². The Hall–Kier alpha value is -0.893. The van der Waals surface area contributed by atoms with E-state index in [4.69, 9.17) is 4.74 Å². The molecule has 1 aliphatic rings. The van der Waals surface area contributed by atoms with Crippen LogP contribution in [0.25, 0.3) is 11.0 Å². The van der Waals surface area contributed by atoms with Crippen molar-refractivity contribution in [2.24, 2.45) is 0 Å². The van der Waals surface area contributed by atoms with Crippen molar-refractivity contribution >= 4 is 40.7 Å². The van der Waals surface area contributed by atoms with Crippen molar-refractivity contribution < 1.29 is 4.74 Å². The van der Waals surface area contributed by atoms with Crippen LogP contribution in [0.5, 0.6) is 0 Å². The number of halogens is 1. The molecule has 138 valence electrons. The molecule has 1 saturated heterocycles. The van der Waals surface area contributed by atoms with E-state index in [0.717, 1.165) is 40.9 Å². The monoisotopic (exact) mass is 424 g/mol. The summed E-state index contributed by atoms with van der Waals surface area (Å²) in [6.07, 6.45) is 6.38. The maximum Gasteiger partial charge on any atom is 0.143 e. The molecule has 0 saturated carbocycles. The Morgan fingerprint density at radius 2 is 2.28 bits per heavy atom. The van der Waals surface area contributed by atoms with Crippen LogP contribution in [0.3, 0.4) is 0 Å². The van der Waals surface area contributed by atoms with Crippen molar-refractivity contribution in [1.29, 1.82) is 0 Å². The normalized spacial score (nSPS) is 18.6. The van der Waals surface area contributed by atoms with Crippen molar-refractivity contribution in [3.8, 4) is 0 Å². The minimum atomic E-state index is -1.05. The third kappa shape index (κ3) is 5.06. The second-order valence-electron chi connectivity index (χ2n) is 8.04. The van der Waals surface area contributed by atoms with Crippen molar-refractivity contribution in [3.05, 3.63) is 22.9 Å². The smallest absolute Gasteiger partial charge is 0.143 e. The van der Waals surface area contributed by atoms with Gasteiger partial charge in [0.1, 0.15) is 12.4 Å². The highest BCUT2D eigenvalue weighted by Gasteiger charge is 2.17. The average Bonchev–Trinajstić information content (AvgIpc) is 2.98. The Morgan fingerprint density at radius 1 is 1.44 bits per heavy atom.